The van der Waals surface area contributed by atoms with Gasteiger partial charge in [-0.1, -0.05) is 16.9 Å². The highest BCUT2D eigenvalue weighted by molar-refractivity contribution is 8.05. The van der Waals surface area contributed by atoms with Crippen LogP contribution in [0.25, 0.3) is 0 Å². The second kappa shape index (κ2) is 9.57. The fourth-order valence-electron chi connectivity index (χ4n) is 3.45. The van der Waals surface area contributed by atoms with Crippen molar-refractivity contribution in [1.82, 2.24) is 30.8 Å². The van der Waals surface area contributed by atoms with Crippen molar-refractivity contribution in [3.8, 4) is 0 Å². The average molecular weight is 525 g/mol. The number of carboxylic acid groups (broad SMARTS) is 1. The zero-order valence-electron chi connectivity index (χ0n) is 17.8. The number of nitrogens with zero attached hydrogens (tertiary/aromatic N) is 5. The molecule has 1 unspecified atom stereocenters. The first-order valence-corrected chi connectivity index (χ1v) is 12.5. The van der Waals surface area contributed by atoms with Gasteiger partial charge in [-0.25, -0.2) is 9.78 Å². The minimum atomic E-state index is -1.23. The molecule has 3 aliphatic rings. The number of fused-ring (bicyclic) bond motifs is 1. The number of nitrogens with two attached hydrogens (primary N) is 1. The van der Waals surface area contributed by atoms with Crippen LogP contribution in [0.15, 0.2) is 44.5 Å². The average Bonchev–Trinajstić information content (AvgIpc) is 3.35. The molecule has 0 spiro atoms. The van der Waals surface area contributed by atoms with E-state index in [4.69, 9.17) is 5.73 Å². The van der Waals surface area contributed by atoms with Crippen LogP contribution in [-0.4, -0.2) is 85.0 Å². The van der Waals surface area contributed by atoms with Crippen LogP contribution in [0.5, 0.6) is 0 Å². The van der Waals surface area contributed by atoms with E-state index >= 15 is 0 Å². The van der Waals surface area contributed by atoms with Crippen molar-refractivity contribution in [3.05, 3.63) is 45.1 Å². The van der Waals surface area contributed by atoms with Crippen molar-refractivity contribution < 1.29 is 24.7 Å². The van der Waals surface area contributed by atoms with E-state index in [9.17, 15) is 24.7 Å². The summed E-state index contributed by atoms with van der Waals surface area (Å²) < 4.78 is 0. The molecular weight excluding hydrogens is 504 g/mol. The number of carboxylic acids is 1. The van der Waals surface area contributed by atoms with Crippen molar-refractivity contribution in [1.29, 1.82) is 0 Å². The first kappa shape index (κ1) is 23.9. The van der Waals surface area contributed by atoms with Gasteiger partial charge in [-0.2, -0.15) is 0 Å². The monoisotopic (exact) mass is 524 g/mol. The Hall–Kier alpha value is -3.21. The summed E-state index contributed by atoms with van der Waals surface area (Å²) >= 11 is 3.78. The smallest absolute Gasteiger partial charge is 0.352 e. The van der Waals surface area contributed by atoms with Crippen LogP contribution in [0.1, 0.15) is 5.69 Å². The van der Waals surface area contributed by atoms with Gasteiger partial charge in [0.25, 0.3) is 11.8 Å². The molecule has 4 rings (SSSR count). The number of rotatable bonds is 7. The lowest BCUT2D eigenvalue weighted by Crippen LogP contribution is -2.71. The van der Waals surface area contributed by atoms with Crippen LogP contribution in [0, 0.1) is 0 Å². The molecule has 0 bridgehead atoms. The predicted molar refractivity (Wildman–Crippen MR) is 128 cm³/mol. The molecule has 1 fully saturated rings. The van der Waals surface area contributed by atoms with E-state index in [0.29, 0.717) is 11.3 Å². The molecule has 0 saturated carbocycles. The summed E-state index contributed by atoms with van der Waals surface area (Å²) in [6, 6.07) is -0.974. The zero-order chi connectivity index (χ0) is 24.6. The third-order valence-electron chi connectivity index (χ3n) is 4.97. The van der Waals surface area contributed by atoms with E-state index in [1.807, 2.05) is 25.3 Å². The topological polar surface area (TPSA) is 177 Å². The van der Waals surface area contributed by atoms with Crippen LogP contribution in [0.4, 0.5) is 5.13 Å². The Labute approximate surface area is 206 Å². The number of thiazole rings is 1. The van der Waals surface area contributed by atoms with Gasteiger partial charge in [0.2, 0.25) is 0 Å². The predicted octanol–water partition coefficient (Wildman–Crippen LogP) is -0.0152. The highest BCUT2D eigenvalue weighted by atomic mass is 32.2. The van der Waals surface area contributed by atoms with E-state index < -0.39 is 29.2 Å². The molecule has 4 heterocycles. The molecule has 1 aromatic heterocycles. The molecule has 0 radical (unpaired) electrons. The number of carbonyl (C=O) groups excluding carboxylic acids is 2. The first-order valence-electron chi connectivity index (χ1n) is 9.64. The maximum atomic E-state index is 12.8. The maximum absolute atomic E-state index is 12.8. The van der Waals surface area contributed by atoms with Gasteiger partial charge in [-0.15, -0.1) is 28.6 Å². The van der Waals surface area contributed by atoms with E-state index in [1.54, 1.807) is 16.5 Å². The summed E-state index contributed by atoms with van der Waals surface area (Å²) in [7, 11) is 3.70. The Morgan fingerprint density at radius 3 is 2.79 bits per heavy atom. The van der Waals surface area contributed by atoms with Gasteiger partial charge < -0.3 is 21.4 Å². The molecule has 13 nitrogen and oxygen atoms in total. The Morgan fingerprint density at radius 1 is 1.44 bits per heavy atom. The van der Waals surface area contributed by atoms with Crippen molar-refractivity contribution in [2.45, 2.75) is 11.4 Å². The fourth-order valence-corrected chi connectivity index (χ4v) is 6.11. The van der Waals surface area contributed by atoms with Crippen LogP contribution in [0.2, 0.25) is 0 Å². The van der Waals surface area contributed by atoms with E-state index in [0.717, 1.165) is 16.4 Å². The minimum absolute atomic E-state index is 0.0721. The minimum Gasteiger partial charge on any atom is -0.477 e. The number of aromatic nitrogens is 1. The number of nitrogens with one attached hydrogen (secondary N) is 2. The summed E-state index contributed by atoms with van der Waals surface area (Å²) in [6.45, 7) is 0. The summed E-state index contributed by atoms with van der Waals surface area (Å²) in [5, 5.41) is 31.8. The number of amides is 2. The number of aliphatic carboxylic acids is 1. The number of nitrogen functional groups attached to an aromatic ring is 1. The van der Waals surface area contributed by atoms with E-state index in [2.05, 4.69) is 21.0 Å². The SMILES string of the molecule is CN1C=C(SC=CC2=C(C(=O)O)N3C(=O)C(NC(=O)C(=NO)c4csc(N)n4)[C@@H]3SC2)N(C)N1. The fraction of sp³-hybridized carbons (Fsp3) is 0.278. The summed E-state index contributed by atoms with van der Waals surface area (Å²) in [5.41, 5.74) is 8.64. The van der Waals surface area contributed by atoms with Gasteiger partial charge in [0.1, 0.15) is 27.8 Å². The number of β-lactam (4-membered cyclic amide) rings is 1. The molecule has 0 aliphatic carbocycles. The van der Waals surface area contributed by atoms with Crippen molar-refractivity contribution in [2.75, 3.05) is 25.6 Å². The lowest BCUT2D eigenvalue weighted by molar-refractivity contribution is -0.150. The number of hydrazine groups is 2. The standard InChI is InChI=1S/C18H20N8O5S3/c1-24-5-10(25(2)23-24)32-4-3-8-6-33-16-12(15(28)26(16)13(8)17(29)30)21-14(27)11(22-31)9-7-34-18(19)20-9/h3-5,7,12,16,23,31H,6H2,1-2H3,(H2,19,20)(H,21,27)(H,29,30)/t12?,16-/m0/s1. The molecule has 16 heteroatoms. The highest BCUT2D eigenvalue weighted by Crippen LogP contribution is 2.41. The third kappa shape index (κ3) is 4.44. The summed E-state index contributed by atoms with van der Waals surface area (Å²) in [5.74, 6) is -2.29. The molecule has 3 aliphatic heterocycles. The molecule has 2 atom stereocenters. The van der Waals surface area contributed by atoms with E-state index in [1.165, 1.54) is 33.8 Å². The van der Waals surface area contributed by atoms with Crippen molar-refractivity contribution in [3.63, 3.8) is 0 Å². The first-order chi connectivity index (χ1) is 16.2. The Kier molecular flexibility index (Phi) is 6.74. The van der Waals surface area contributed by atoms with E-state index in [-0.39, 0.29) is 22.2 Å². The maximum Gasteiger partial charge on any atom is 0.352 e. The van der Waals surface area contributed by atoms with Gasteiger partial charge in [0, 0.05) is 31.4 Å². The summed E-state index contributed by atoms with van der Waals surface area (Å²) in [4.78, 5) is 42.5. The van der Waals surface area contributed by atoms with Crippen LogP contribution >= 0.6 is 34.9 Å². The van der Waals surface area contributed by atoms with Crippen LogP contribution < -0.4 is 16.6 Å². The number of hydrogen-bond donors (Lipinski definition) is 5. The summed E-state index contributed by atoms with van der Waals surface area (Å²) in [6.07, 6.45) is 3.55. The molecule has 2 amide bonds. The number of hydrogen-bond acceptors (Lipinski definition) is 13. The molecule has 1 aromatic rings. The molecule has 6 N–H and O–H groups in total. The molecular formula is C18H20N8O5S3. The lowest BCUT2D eigenvalue weighted by Gasteiger charge is -2.49. The molecule has 180 valence electrons. The Balaban J connectivity index is 1.47. The highest BCUT2D eigenvalue weighted by Gasteiger charge is 2.54. The number of allylic oxidation sites excluding steroid dienone is 1. The third-order valence-corrected chi connectivity index (χ3v) is 7.84. The lowest BCUT2D eigenvalue weighted by atomic mass is 10.0. The van der Waals surface area contributed by atoms with Gasteiger partial charge in [0.15, 0.2) is 10.8 Å². The largest absolute Gasteiger partial charge is 0.477 e. The van der Waals surface area contributed by atoms with Crippen LogP contribution in [0.3, 0.4) is 0 Å². The van der Waals surface area contributed by atoms with Crippen LogP contribution in [-0.2, 0) is 14.4 Å². The Bertz CT molecular complexity index is 1160. The number of carbonyl (C=O) groups is 3. The number of thioether (sulfide) groups is 2. The molecule has 1 saturated heterocycles. The van der Waals surface area contributed by atoms with Gasteiger partial charge in [-0.3, -0.25) is 24.5 Å². The molecule has 34 heavy (non-hydrogen) atoms. The number of anilines is 1. The number of oxime groups is 1. The molecule has 0 aromatic carbocycles. The zero-order valence-corrected chi connectivity index (χ0v) is 20.3. The van der Waals surface area contributed by atoms with Gasteiger partial charge in [-0.05, 0) is 17.1 Å². The quantitative estimate of drug-likeness (QED) is 0.140. The second-order valence-corrected chi connectivity index (χ2v) is 10.1. The van der Waals surface area contributed by atoms with Gasteiger partial charge >= 0.3 is 5.97 Å². The van der Waals surface area contributed by atoms with Crippen molar-refractivity contribution in [2.24, 2.45) is 5.16 Å². The van der Waals surface area contributed by atoms with Crippen molar-refractivity contribution >= 4 is 63.5 Å². The second-order valence-electron chi connectivity index (χ2n) is 7.22. The van der Waals surface area contributed by atoms with Gasteiger partial charge in [0.05, 0.1) is 0 Å². The normalized spacial score (nSPS) is 22.8. The Morgan fingerprint density at radius 2 is 2.21 bits per heavy atom.